The molecule has 0 aromatic carbocycles. The monoisotopic (exact) mass is 723 g/mol. The molecule has 6 heteroatoms. The van der Waals surface area contributed by atoms with Crippen LogP contribution in [-0.2, 0) is 28.6 Å². The quantitative estimate of drug-likeness (QED) is 0.0355. The Labute approximate surface area is 317 Å². The number of ether oxygens (including phenoxy) is 3. The fourth-order valence-corrected chi connectivity index (χ4v) is 6.68. The second-order valence-corrected chi connectivity index (χ2v) is 15.3. The van der Waals surface area contributed by atoms with Crippen LogP contribution in [0.2, 0.25) is 0 Å². The summed E-state index contributed by atoms with van der Waals surface area (Å²) in [5.74, 6) is -0.859. The van der Waals surface area contributed by atoms with Crippen molar-refractivity contribution >= 4 is 17.9 Å². The third kappa shape index (κ3) is 39.5. The average molecular weight is 723 g/mol. The van der Waals surface area contributed by atoms with Crippen LogP contribution in [0.15, 0.2) is 0 Å². The van der Waals surface area contributed by atoms with E-state index in [-0.39, 0.29) is 31.1 Å². The maximum atomic E-state index is 12.6. The lowest BCUT2D eigenvalue weighted by Crippen LogP contribution is -2.30. The van der Waals surface area contributed by atoms with Gasteiger partial charge in [0, 0.05) is 19.3 Å². The molecule has 1 atom stereocenters. The van der Waals surface area contributed by atoms with Gasteiger partial charge < -0.3 is 14.2 Å². The predicted molar refractivity (Wildman–Crippen MR) is 215 cm³/mol. The molecule has 6 nitrogen and oxygen atoms in total. The molecule has 0 saturated heterocycles. The van der Waals surface area contributed by atoms with Crippen molar-refractivity contribution in [2.75, 3.05) is 13.2 Å². The molecule has 302 valence electrons. The molecule has 0 rings (SSSR count). The highest BCUT2D eigenvalue weighted by molar-refractivity contribution is 5.71. The molecule has 51 heavy (non-hydrogen) atoms. The molecule has 0 aliphatic rings. The van der Waals surface area contributed by atoms with Crippen molar-refractivity contribution < 1.29 is 28.6 Å². The largest absolute Gasteiger partial charge is 0.462 e. The Kier molecular flexibility index (Phi) is 39.9. The summed E-state index contributed by atoms with van der Waals surface area (Å²) in [5, 5.41) is 0. The van der Waals surface area contributed by atoms with E-state index in [1.165, 1.54) is 154 Å². The van der Waals surface area contributed by atoms with E-state index >= 15 is 0 Å². The average Bonchev–Trinajstić information content (AvgIpc) is 3.12. The summed E-state index contributed by atoms with van der Waals surface area (Å²) in [4.78, 5) is 37.5. The fraction of sp³-hybridized carbons (Fsp3) is 0.933. The van der Waals surface area contributed by atoms with E-state index in [4.69, 9.17) is 14.2 Å². The van der Waals surface area contributed by atoms with Gasteiger partial charge in [0.05, 0.1) is 0 Å². The highest BCUT2D eigenvalue weighted by Crippen LogP contribution is 2.16. The molecular formula is C45H86O6. The minimum absolute atomic E-state index is 0.0632. The first-order valence-electron chi connectivity index (χ1n) is 22.5. The molecule has 0 N–H and O–H groups in total. The van der Waals surface area contributed by atoms with E-state index in [1.807, 2.05) is 0 Å². The molecule has 0 bridgehead atoms. The number of carbonyl (C=O) groups excluding carboxylic acids is 3. The maximum absolute atomic E-state index is 12.6. The van der Waals surface area contributed by atoms with Gasteiger partial charge in [-0.1, -0.05) is 213 Å². The molecule has 0 aliphatic carbocycles. The van der Waals surface area contributed by atoms with Gasteiger partial charge in [0.15, 0.2) is 6.10 Å². The summed E-state index contributed by atoms with van der Waals surface area (Å²) in [7, 11) is 0. The number of esters is 3. The molecule has 0 heterocycles. The summed E-state index contributed by atoms with van der Waals surface area (Å²) in [5.41, 5.74) is 0. The van der Waals surface area contributed by atoms with E-state index in [2.05, 4.69) is 20.8 Å². The third-order valence-corrected chi connectivity index (χ3v) is 10.1. The van der Waals surface area contributed by atoms with Crippen molar-refractivity contribution in [3.8, 4) is 0 Å². The molecule has 1 unspecified atom stereocenters. The van der Waals surface area contributed by atoms with Crippen LogP contribution < -0.4 is 0 Å². The third-order valence-electron chi connectivity index (χ3n) is 10.1. The lowest BCUT2D eigenvalue weighted by molar-refractivity contribution is -0.167. The van der Waals surface area contributed by atoms with Gasteiger partial charge in [0.25, 0.3) is 0 Å². The van der Waals surface area contributed by atoms with Crippen molar-refractivity contribution in [2.24, 2.45) is 0 Å². The molecule has 0 fully saturated rings. The first-order chi connectivity index (χ1) is 25.0. The van der Waals surface area contributed by atoms with E-state index in [0.717, 1.165) is 57.8 Å². The van der Waals surface area contributed by atoms with Crippen molar-refractivity contribution in [1.29, 1.82) is 0 Å². The molecule has 0 aliphatic heterocycles. The Hall–Kier alpha value is -1.59. The molecule has 0 aromatic heterocycles. The van der Waals surface area contributed by atoms with Crippen molar-refractivity contribution in [2.45, 2.75) is 258 Å². The second kappa shape index (κ2) is 41.2. The zero-order valence-electron chi connectivity index (χ0n) is 34.4. The minimum atomic E-state index is -0.756. The topological polar surface area (TPSA) is 78.9 Å². The predicted octanol–water partition coefficient (Wildman–Crippen LogP) is 14.1. The van der Waals surface area contributed by atoms with Crippen LogP contribution in [0.25, 0.3) is 0 Å². The summed E-state index contributed by atoms with van der Waals surface area (Å²) in [6, 6.07) is 0. The van der Waals surface area contributed by atoms with Crippen LogP contribution in [0.1, 0.15) is 252 Å². The highest BCUT2D eigenvalue weighted by atomic mass is 16.6. The lowest BCUT2D eigenvalue weighted by Gasteiger charge is -2.18. The van der Waals surface area contributed by atoms with Gasteiger partial charge in [-0.25, -0.2) is 0 Å². The molecule has 0 amide bonds. The molecule has 0 aromatic rings. The van der Waals surface area contributed by atoms with Crippen molar-refractivity contribution in [3.05, 3.63) is 0 Å². The zero-order chi connectivity index (χ0) is 37.3. The van der Waals surface area contributed by atoms with Crippen LogP contribution in [0, 0.1) is 0 Å². The van der Waals surface area contributed by atoms with E-state index < -0.39 is 6.10 Å². The Morgan fingerprint density at radius 3 is 0.784 bits per heavy atom. The number of hydrogen-bond acceptors (Lipinski definition) is 6. The van der Waals surface area contributed by atoms with Gasteiger partial charge in [-0.3, -0.25) is 14.4 Å². The van der Waals surface area contributed by atoms with Gasteiger partial charge >= 0.3 is 17.9 Å². The molecule has 0 saturated carbocycles. The van der Waals surface area contributed by atoms with Gasteiger partial charge in [-0.05, 0) is 19.3 Å². The normalized spacial score (nSPS) is 11.8. The smallest absolute Gasteiger partial charge is 0.306 e. The number of hydrogen-bond donors (Lipinski definition) is 0. The van der Waals surface area contributed by atoms with E-state index in [0.29, 0.717) is 19.3 Å². The maximum Gasteiger partial charge on any atom is 0.306 e. The van der Waals surface area contributed by atoms with Gasteiger partial charge in [-0.15, -0.1) is 0 Å². The first kappa shape index (κ1) is 49.4. The SMILES string of the molecule is CCCCCCCCCCCCCCCCCC(=O)OCC(COC(=O)CCCCCCCCC)OC(=O)CCCCCCCCCCCCC. The van der Waals surface area contributed by atoms with Crippen LogP contribution >= 0.6 is 0 Å². The Balaban J connectivity index is 4.24. The van der Waals surface area contributed by atoms with Crippen molar-refractivity contribution in [3.63, 3.8) is 0 Å². The van der Waals surface area contributed by atoms with Crippen LogP contribution in [0.4, 0.5) is 0 Å². The number of rotatable bonds is 41. The Morgan fingerprint density at radius 1 is 0.314 bits per heavy atom. The van der Waals surface area contributed by atoms with E-state index in [1.54, 1.807) is 0 Å². The number of carbonyl (C=O) groups is 3. The first-order valence-corrected chi connectivity index (χ1v) is 22.5. The van der Waals surface area contributed by atoms with Crippen LogP contribution in [-0.4, -0.2) is 37.2 Å². The molecule has 0 radical (unpaired) electrons. The van der Waals surface area contributed by atoms with Crippen LogP contribution in [0.3, 0.4) is 0 Å². The second-order valence-electron chi connectivity index (χ2n) is 15.3. The van der Waals surface area contributed by atoms with Gasteiger partial charge in [0.1, 0.15) is 13.2 Å². The summed E-state index contributed by atoms with van der Waals surface area (Å²) < 4.78 is 16.6. The highest BCUT2D eigenvalue weighted by Gasteiger charge is 2.19. The summed E-state index contributed by atoms with van der Waals surface area (Å²) in [6.45, 7) is 6.61. The van der Waals surface area contributed by atoms with Gasteiger partial charge in [-0.2, -0.15) is 0 Å². The Bertz CT molecular complexity index is 753. The fourth-order valence-electron chi connectivity index (χ4n) is 6.68. The van der Waals surface area contributed by atoms with Crippen LogP contribution in [0.5, 0.6) is 0 Å². The minimum Gasteiger partial charge on any atom is -0.462 e. The van der Waals surface area contributed by atoms with Crippen molar-refractivity contribution in [1.82, 2.24) is 0 Å². The summed E-state index contributed by atoms with van der Waals surface area (Å²) in [6.07, 6.45) is 40.9. The summed E-state index contributed by atoms with van der Waals surface area (Å²) >= 11 is 0. The standard InChI is InChI=1S/C45H86O6/c1-4-7-10-13-16-18-20-21-22-23-25-26-29-32-35-38-44(47)50-41-42(40-49-43(46)37-34-31-28-15-12-9-6-3)51-45(48)39-36-33-30-27-24-19-17-14-11-8-5-2/h42H,4-41H2,1-3H3. The zero-order valence-corrected chi connectivity index (χ0v) is 34.4. The molecule has 0 spiro atoms. The number of unbranched alkanes of at least 4 members (excludes halogenated alkanes) is 30. The Morgan fingerprint density at radius 2 is 0.529 bits per heavy atom. The van der Waals surface area contributed by atoms with E-state index in [9.17, 15) is 14.4 Å². The van der Waals surface area contributed by atoms with Gasteiger partial charge in [0.2, 0.25) is 0 Å². The molecular weight excluding hydrogens is 636 g/mol. The lowest BCUT2D eigenvalue weighted by atomic mass is 10.0.